The zero-order chi connectivity index (χ0) is 41.2. The van der Waals surface area contributed by atoms with Crippen LogP contribution in [0.25, 0.3) is 16.5 Å². The molecular weight excluding hydrogens is 787 g/mol. The molecule has 1 aliphatic heterocycles. The minimum absolute atomic E-state index is 0.0178. The molecule has 0 bridgehead atoms. The Morgan fingerprint density at radius 2 is 1.71 bits per heavy atom. The molecule has 0 saturated carbocycles. The number of aromatic amines is 1. The van der Waals surface area contributed by atoms with Crippen molar-refractivity contribution in [3.8, 4) is 11.5 Å². The van der Waals surface area contributed by atoms with E-state index in [0.29, 0.717) is 17.0 Å². The summed E-state index contributed by atoms with van der Waals surface area (Å²) in [6.07, 6.45) is -0.345. The number of nitrogens with zero attached hydrogens (tertiary/aromatic N) is 2. The quantitative estimate of drug-likeness (QED) is 0.115. The number of nitrogens with one attached hydrogen (secondary N) is 3. The maximum atomic E-state index is 13.8. The molecule has 14 heteroatoms. The molecule has 0 atom stereocenters. The van der Waals surface area contributed by atoms with Crippen molar-refractivity contribution in [1.82, 2.24) is 14.6 Å². The molecule has 0 radical (unpaired) electrons. The number of rotatable bonds is 12. The monoisotopic (exact) mass is 833 g/mol. The number of halogens is 4. The highest BCUT2D eigenvalue weighted by Gasteiger charge is 2.30. The second kappa shape index (κ2) is 16.7. The minimum Gasteiger partial charge on any atom is -0.456 e. The van der Waals surface area contributed by atoms with Gasteiger partial charge in [0.15, 0.2) is 0 Å². The number of benzene rings is 4. The first kappa shape index (κ1) is 41.2. The summed E-state index contributed by atoms with van der Waals surface area (Å²) in [7, 11) is -4.37. The van der Waals surface area contributed by atoms with Crippen LogP contribution in [0.4, 0.5) is 24.5 Å². The van der Waals surface area contributed by atoms with E-state index in [-0.39, 0.29) is 28.2 Å². The van der Waals surface area contributed by atoms with Gasteiger partial charge in [-0.3, -0.25) is 9.69 Å². The summed E-state index contributed by atoms with van der Waals surface area (Å²) in [5.41, 5.74) is 6.87. The van der Waals surface area contributed by atoms with E-state index in [4.69, 9.17) is 16.3 Å². The van der Waals surface area contributed by atoms with Gasteiger partial charge in [0.1, 0.15) is 11.5 Å². The average Bonchev–Trinajstić information content (AvgIpc) is 3.64. The third kappa shape index (κ3) is 9.99. The molecular formula is C44H47ClF3N5O4S. The van der Waals surface area contributed by atoms with Crippen molar-refractivity contribution in [3.63, 3.8) is 0 Å². The van der Waals surface area contributed by atoms with Gasteiger partial charge in [-0.1, -0.05) is 43.2 Å². The SMILES string of the molecule is Cc1cc(S(=O)(=O)NC(=O)c2ccc(N3CCN(CC4=C(c5ccc(Cl)cc5)CC(C)(C)CC4)CC3)cc2Oc2ccc3[nH]ccc3c2)ccc1NCCC(F)(F)F. The van der Waals surface area contributed by atoms with E-state index in [0.717, 1.165) is 73.6 Å². The van der Waals surface area contributed by atoms with Crippen molar-refractivity contribution in [2.75, 3.05) is 49.5 Å². The van der Waals surface area contributed by atoms with Crippen molar-refractivity contribution < 1.29 is 31.1 Å². The van der Waals surface area contributed by atoms with Gasteiger partial charge in [-0.15, -0.1) is 0 Å². The summed E-state index contributed by atoms with van der Waals surface area (Å²) in [6, 6.07) is 24.6. The third-order valence-corrected chi connectivity index (χ3v) is 12.5. The predicted octanol–water partition coefficient (Wildman–Crippen LogP) is 10.2. The summed E-state index contributed by atoms with van der Waals surface area (Å²) in [5, 5.41) is 4.32. The summed E-state index contributed by atoms with van der Waals surface area (Å²) >= 11 is 6.23. The lowest BCUT2D eigenvalue weighted by Gasteiger charge is -2.39. The molecule has 1 aromatic heterocycles. The fourth-order valence-corrected chi connectivity index (χ4v) is 8.85. The molecule has 1 saturated heterocycles. The van der Waals surface area contributed by atoms with E-state index < -0.39 is 28.5 Å². The van der Waals surface area contributed by atoms with Crippen LogP contribution in [0.5, 0.6) is 11.5 Å². The van der Waals surface area contributed by atoms with Crippen LogP contribution in [0, 0.1) is 12.3 Å². The predicted molar refractivity (Wildman–Crippen MR) is 224 cm³/mol. The van der Waals surface area contributed by atoms with Gasteiger partial charge in [0, 0.05) is 78.8 Å². The first-order chi connectivity index (χ1) is 27.5. The Kier molecular flexibility index (Phi) is 11.9. The van der Waals surface area contributed by atoms with Gasteiger partial charge in [-0.2, -0.15) is 13.2 Å². The van der Waals surface area contributed by atoms with Crippen molar-refractivity contribution in [2.45, 2.75) is 57.5 Å². The number of allylic oxidation sites excluding steroid dienone is 1. The van der Waals surface area contributed by atoms with Crippen LogP contribution in [-0.4, -0.2) is 69.7 Å². The number of hydrogen-bond donors (Lipinski definition) is 3. The van der Waals surface area contributed by atoms with Crippen LogP contribution < -0.4 is 19.7 Å². The van der Waals surface area contributed by atoms with Crippen LogP contribution in [0.3, 0.4) is 0 Å². The maximum absolute atomic E-state index is 13.8. The second-order valence-corrected chi connectivity index (χ2v) is 18.0. The molecule has 9 nitrogen and oxygen atoms in total. The van der Waals surface area contributed by atoms with Gasteiger partial charge < -0.3 is 19.9 Å². The standard InChI is InChI=1S/C44H47ClF3N5O4S/c1-29-24-36(10-13-39(29)50-19-17-44(46,47)48)58(55,56)51-42(54)37-11-8-34(26-41(37)57-35-9-12-40-31(25-35)15-18-49-40)53-22-20-52(21-23-53)28-32-14-16-43(2,3)27-38(32)30-4-6-33(45)7-5-30/h4-13,15,18,24-26,49-50H,14,16-17,19-23,27-28H2,1-3H3,(H,51,54). The topological polar surface area (TPSA) is 107 Å². The summed E-state index contributed by atoms with van der Waals surface area (Å²) < 4.78 is 73.4. The number of hydrogen-bond acceptors (Lipinski definition) is 7. The number of ether oxygens (including phenoxy) is 1. The Labute approximate surface area is 342 Å². The van der Waals surface area contributed by atoms with E-state index in [1.54, 1.807) is 31.2 Å². The summed E-state index contributed by atoms with van der Waals surface area (Å²) in [6.45, 7) is 9.91. The molecule has 4 aromatic carbocycles. The molecule has 1 aliphatic carbocycles. The van der Waals surface area contributed by atoms with E-state index in [1.807, 2.05) is 36.5 Å². The number of alkyl halides is 3. The van der Waals surface area contributed by atoms with Crippen LogP contribution >= 0.6 is 11.6 Å². The van der Waals surface area contributed by atoms with E-state index in [1.165, 1.54) is 34.9 Å². The minimum atomic E-state index is -4.37. The van der Waals surface area contributed by atoms with Crippen molar-refractivity contribution in [2.24, 2.45) is 5.41 Å². The summed E-state index contributed by atoms with van der Waals surface area (Å²) in [4.78, 5) is 21.5. The van der Waals surface area contributed by atoms with Gasteiger partial charge in [0.25, 0.3) is 15.9 Å². The average molecular weight is 834 g/mol. The van der Waals surface area contributed by atoms with Gasteiger partial charge in [-0.05, 0) is 115 Å². The number of H-pyrrole nitrogens is 1. The smallest absolute Gasteiger partial charge is 0.390 e. The number of sulfonamides is 1. The molecule has 2 heterocycles. The van der Waals surface area contributed by atoms with Crippen LogP contribution in [0.2, 0.25) is 5.02 Å². The lowest BCUT2D eigenvalue weighted by atomic mass is 9.72. The molecule has 0 spiro atoms. The first-order valence-electron chi connectivity index (χ1n) is 19.3. The van der Waals surface area contributed by atoms with Gasteiger partial charge in [-0.25, -0.2) is 13.1 Å². The molecule has 0 unspecified atom stereocenters. The van der Waals surface area contributed by atoms with Crippen molar-refractivity contribution in [1.29, 1.82) is 0 Å². The number of carbonyl (C=O) groups excluding carboxylic acids is 1. The highest BCUT2D eigenvalue weighted by atomic mass is 35.5. The Morgan fingerprint density at radius 3 is 2.43 bits per heavy atom. The number of fused-ring (bicyclic) bond motifs is 1. The Bertz CT molecular complexity index is 2440. The first-order valence-corrected chi connectivity index (χ1v) is 21.2. The number of aryl methyl sites for hydroxylation is 1. The van der Waals surface area contributed by atoms with E-state index >= 15 is 0 Å². The highest BCUT2D eigenvalue weighted by molar-refractivity contribution is 7.90. The Morgan fingerprint density at radius 1 is 0.948 bits per heavy atom. The fraction of sp³-hybridized carbons (Fsp3) is 0.341. The highest BCUT2D eigenvalue weighted by Crippen LogP contribution is 2.43. The molecule has 7 rings (SSSR count). The number of piperazine rings is 1. The zero-order valence-electron chi connectivity index (χ0n) is 32.7. The molecule has 1 fully saturated rings. The van der Waals surface area contributed by atoms with Crippen LogP contribution in [0.1, 0.15) is 61.0 Å². The van der Waals surface area contributed by atoms with E-state index in [2.05, 4.69) is 50.8 Å². The molecule has 3 N–H and O–H groups in total. The molecule has 306 valence electrons. The van der Waals surface area contributed by atoms with Crippen molar-refractivity contribution >= 4 is 55.4 Å². The maximum Gasteiger partial charge on any atom is 0.390 e. The van der Waals surface area contributed by atoms with E-state index in [9.17, 15) is 26.4 Å². The lowest BCUT2D eigenvalue weighted by Crippen LogP contribution is -2.47. The number of aromatic nitrogens is 1. The normalized spacial score (nSPS) is 16.4. The second-order valence-electron chi connectivity index (χ2n) is 15.9. The lowest BCUT2D eigenvalue weighted by molar-refractivity contribution is -0.131. The van der Waals surface area contributed by atoms with Crippen LogP contribution in [-0.2, 0) is 10.0 Å². The number of anilines is 2. The zero-order valence-corrected chi connectivity index (χ0v) is 34.3. The number of amides is 1. The molecule has 1 amide bonds. The molecule has 2 aliphatic rings. The number of carbonyl (C=O) groups is 1. The summed E-state index contributed by atoms with van der Waals surface area (Å²) in [5.74, 6) is -0.235. The Balaban J connectivity index is 1.09. The third-order valence-electron chi connectivity index (χ3n) is 11.0. The van der Waals surface area contributed by atoms with Gasteiger partial charge in [0.2, 0.25) is 0 Å². The molecule has 58 heavy (non-hydrogen) atoms. The Hall–Kier alpha value is -4.98. The molecule has 5 aromatic rings. The fourth-order valence-electron chi connectivity index (χ4n) is 7.68. The van der Waals surface area contributed by atoms with Gasteiger partial charge >= 0.3 is 6.18 Å². The van der Waals surface area contributed by atoms with Gasteiger partial charge in [0.05, 0.1) is 16.9 Å². The van der Waals surface area contributed by atoms with Crippen molar-refractivity contribution in [3.05, 3.63) is 118 Å². The van der Waals surface area contributed by atoms with Crippen LogP contribution in [0.15, 0.2) is 102 Å². The largest absolute Gasteiger partial charge is 0.456 e.